The maximum atomic E-state index is 12.4. The van der Waals surface area contributed by atoms with Crippen molar-refractivity contribution >= 4 is 5.78 Å². The zero-order valence-electron chi connectivity index (χ0n) is 10.7. The lowest BCUT2D eigenvalue weighted by atomic mass is 9.93. The van der Waals surface area contributed by atoms with Gasteiger partial charge in [0, 0.05) is 13.1 Å². The van der Waals surface area contributed by atoms with Gasteiger partial charge < -0.3 is 9.47 Å². The molecule has 4 heteroatoms. The van der Waals surface area contributed by atoms with Gasteiger partial charge in [-0.2, -0.15) is 0 Å². The summed E-state index contributed by atoms with van der Waals surface area (Å²) in [4.78, 5) is 14.6. The number of nitrogens with zero attached hydrogens (tertiary/aromatic N) is 1. The van der Waals surface area contributed by atoms with Gasteiger partial charge in [-0.05, 0) is 32.8 Å². The summed E-state index contributed by atoms with van der Waals surface area (Å²) in [5.41, 5.74) is -0.493. The fourth-order valence-electron chi connectivity index (χ4n) is 2.28. The zero-order valence-corrected chi connectivity index (χ0v) is 10.7. The Kier molecular flexibility index (Phi) is 3.84. The van der Waals surface area contributed by atoms with E-state index in [1.165, 1.54) is 0 Å². The van der Waals surface area contributed by atoms with Crippen molar-refractivity contribution in [3.05, 3.63) is 11.8 Å². The molecule has 2 aliphatic rings. The Bertz CT molecular complexity index is 317. The lowest BCUT2D eigenvalue weighted by molar-refractivity contribution is -0.132. The second kappa shape index (κ2) is 5.19. The molecule has 0 spiro atoms. The number of ether oxygens (including phenoxy) is 2. The van der Waals surface area contributed by atoms with Crippen LogP contribution in [0.2, 0.25) is 0 Å². The third kappa shape index (κ3) is 2.69. The first kappa shape index (κ1) is 12.6. The van der Waals surface area contributed by atoms with E-state index in [-0.39, 0.29) is 5.78 Å². The Morgan fingerprint density at radius 1 is 1.29 bits per heavy atom. The topological polar surface area (TPSA) is 38.8 Å². The molecule has 0 bridgehead atoms. The fourth-order valence-corrected chi connectivity index (χ4v) is 2.28. The van der Waals surface area contributed by atoms with Crippen molar-refractivity contribution in [2.45, 2.75) is 32.2 Å². The SMILES string of the molecule is CC(C)(C(=O)C1=CCCCO1)N1CCOCC1. The molecule has 1 fully saturated rings. The summed E-state index contributed by atoms with van der Waals surface area (Å²) in [7, 11) is 0. The molecule has 0 aromatic heterocycles. The van der Waals surface area contributed by atoms with Crippen molar-refractivity contribution in [1.29, 1.82) is 0 Å². The predicted octanol–water partition coefficient (Wildman–Crippen LogP) is 1.36. The highest BCUT2D eigenvalue weighted by atomic mass is 16.5. The standard InChI is InChI=1S/C13H21NO3/c1-13(2,14-6-9-16-10-7-14)12(15)11-5-3-4-8-17-11/h5H,3-4,6-10H2,1-2H3. The van der Waals surface area contributed by atoms with Crippen LogP contribution < -0.4 is 0 Å². The fraction of sp³-hybridized carbons (Fsp3) is 0.769. The van der Waals surface area contributed by atoms with Crippen molar-refractivity contribution in [3.63, 3.8) is 0 Å². The van der Waals surface area contributed by atoms with Gasteiger partial charge in [-0.25, -0.2) is 0 Å². The number of ketones is 1. The van der Waals surface area contributed by atoms with Crippen LogP contribution in [0.15, 0.2) is 11.8 Å². The molecule has 2 heterocycles. The van der Waals surface area contributed by atoms with E-state index in [4.69, 9.17) is 9.47 Å². The Hall–Kier alpha value is -0.870. The molecule has 0 N–H and O–H groups in total. The lowest BCUT2D eigenvalue weighted by Gasteiger charge is -2.39. The average Bonchev–Trinajstić information content (AvgIpc) is 2.40. The first-order chi connectivity index (χ1) is 8.12. The van der Waals surface area contributed by atoms with Gasteiger partial charge in [0.05, 0.1) is 25.4 Å². The van der Waals surface area contributed by atoms with Crippen LogP contribution in [0.25, 0.3) is 0 Å². The number of allylic oxidation sites excluding steroid dienone is 1. The van der Waals surface area contributed by atoms with Crippen LogP contribution in [0.1, 0.15) is 26.7 Å². The summed E-state index contributed by atoms with van der Waals surface area (Å²) in [6, 6.07) is 0. The number of morpholine rings is 1. The summed E-state index contributed by atoms with van der Waals surface area (Å²) in [5.74, 6) is 0.645. The van der Waals surface area contributed by atoms with E-state index in [1.807, 2.05) is 19.9 Å². The highest BCUT2D eigenvalue weighted by molar-refractivity contribution is 6.00. The Balaban J connectivity index is 2.07. The van der Waals surface area contributed by atoms with E-state index >= 15 is 0 Å². The monoisotopic (exact) mass is 239 g/mol. The van der Waals surface area contributed by atoms with Crippen LogP contribution in [0, 0.1) is 0 Å². The molecular formula is C13H21NO3. The number of hydrogen-bond acceptors (Lipinski definition) is 4. The van der Waals surface area contributed by atoms with E-state index in [2.05, 4.69) is 4.90 Å². The number of carbonyl (C=O) groups is 1. The van der Waals surface area contributed by atoms with Gasteiger partial charge in [0.2, 0.25) is 5.78 Å². The zero-order chi connectivity index (χ0) is 12.3. The van der Waals surface area contributed by atoms with Crippen LogP contribution >= 0.6 is 0 Å². The van der Waals surface area contributed by atoms with E-state index in [1.54, 1.807) is 0 Å². The minimum absolute atomic E-state index is 0.0964. The largest absolute Gasteiger partial charge is 0.490 e. The molecule has 0 aromatic carbocycles. The van der Waals surface area contributed by atoms with Crippen molar-refractivity contribution in [1.82, 2.24) is 4.90 Å². The average molecular weight is 239 g/mol. The third-order valence-electron chi connectivity index (χ3n) is 3.52. The quantitative estimate of drug-likeness (QED) is 0.745. The normalized spacial score (nSPS) is 22.8. The molecule has 17 heavy (non-hydrogen) atoms. The molecule has 96 valence electrons. The third-order valence-corrected chi connectivity index (χ3v) is 3.52. The maximum Gasteiger partial charge on any atom is 0.216 e. The summed E-state index contributed by atoms with van der Waals surface area (Å²) in [6.07, 6.45) is 3.88. The molecule has 0 radical (unpaired) electrons. The smallest absolute Gasteiger partial charge is 0.216 e. The highest BCUT2D eigenvalue weighted by Crippen LogP contribution is 2.23. The molecule has 4 nitrogen and oxygen atoms in total. The summed E-state index contributed by atoms with van der Waals surface area (Å²) >= 11 is 0. The number of hydrogen-bond donors (Lipinski definition) is 0. The molecule has 0 amide bonds. The van der Waals surface area contributed by atoms with Crippen molar-refractivity contribution in [2.24, 2.45) is 0 Å². The number of rotatable bonds is 3. The minimum atomic E-state index is -0.493. The second-order valence-corrected chi connectivity index (χ2v) is 5.05. The van der Waals surface area contributed by atoms with Crippen LogP contribution in [-0.2, 0) is 14.3 Å². The Morgan fingerprint density at radius 3 is 2.59 bits per heavy atom. The first-order valence-electron chi connectivity index (χ1n) is 6.33. The van der Waals surface area contributed by atoms with Gasteiger partial charge in [-0.3, -0.25) is 9.69 Å². The molecule has 0 aliphatic carbocycles. The molecule has 2 aliphatic heterocycles. The number of Topliss-reactive ketones (excluding diaryl/α,β-unsaturated/α-hetero) is 1. The summed E-state index contributed by atoms with van der Waals surface area (Å²) in [5, 5.41) is 0. The van der Waals surface area contributed by atoms with Gasteiger partial charge in [0.25, 0.3) is 0 Å². The van der Waals surface area contributed by atoms with E-state index in [0.717, 1.165) is 25.9 Å². The minimum Gasteiger partial charge on any atom is -0.490 e. The molecule has 0 aromatic rings. The van der Waals surface area contributed by atoms with Crippen molar-refractivity contribution in [3.8, 4) is 0 Å². The molecular weight excluding hydrogens is 218 g/mol. The molecule has 0 atom stereocenters. The van der Waals surface area contributed by atoms with E-state index < -0.39 is 5.54 Å². The van der Waals surface area contributed by atoms with Crippen LogP contribution in [0.4, 0.5) is 0 Å². The van der Waals surface area contributed by atoms with Crippen molar-refractivity contribution < 1.29 is 14.3 Å². The molecule has 1 saturated heterocycles. The molecule has 2 rings (SSSR count). The molecule has 0 saturated carbocycles. The summed E-state index contributed by atoms with van der Waals surface area (Å²) < 4.78 is 10.8. The predicted molar refractivity (Wildman–Crippen MR) is 64.7 cm³/mol. The van der Waals surface area contributed by atoms with Crippen LogP contribution in [0.5, 0.6) is 0 Å². The van der Waals surface area contributed by atoms with Gasteiger partial charge in [-0.1, -0.05) is 0 Å². The Morgan fingerprint density at radius 2 is 2.00 bits per heavy atom. The first-order valence-corrected chi connectivity index (χ1v) is 6.33. The number of carbonyl (C=O) groups excluding carboxylic acids is 1. The van der Waals surface area contributed by atoms with Crippen LogP contribution in [-0.4, -0.2) is 49.1 Å². The second-order valence-electron chi connectivity index (χ2n) is 5.05. The van der Waals surface area contributed by atoms with Gasteiger partial charge in [-0.15, -0.1) is 0 Å². The van der Waals surface area contributed by atoms with E-state index in [0.29, 0.717) is 25.6 Å². The molecule has 0 unspecified atom stereocenters. The van der Waals surface area contributed by atoms with Crippen molar-refractivity contribution in [2.75, 3.05) is 32.9 Å². The van der Waals surface area contributed by atoms with E-state index in [9.17, 15) is 4.79 Å². The van der Waals surface area contributed by atoms with Gasteiger partial charge in [0.1, 0.15) is 0 Å². The lowest BCUT2D eigenvalue weighted by Crippen LogP contribution is -2.55. The Labute approximate surface area is 103 Å². The highest BCUT2D eigenvalue weighted by Gasteiger charge is 2.38. The van der Waals surface area contributed by atoms with Crippen LogP contribution in [0.3, 0.4) is 0 Å². The van der Waals surface area contributed by atoms with Gasteiger partial charge >= 0.3 is 0 Å². The maximum absolute atomic E-state index is 12.4. The summed E-state index contributed by atoms with van der Waals surface area (Å²) in [6.45, 7) is 7.64. The van der Waals surface area contributed by atoms with Gasteiger partial charge in [0.15, 0.2) is 5.76 Å².